The highest BCUT2D eigenvalue weighted by atomic mass is 15.2. The second-order valence-corrected chi connectivity index (χ2v) is 7.02. The van der Waals surface area contributed by atoms with Gasteiger partial charge in [-0.05, 0) is 49.8 Å². The number of hydrogen-bond donors (Lipinski definition) is 0. The summed E-state index contributed by atoms with van der Waals surface area (Å²) >= 11 is 0. The maximum absolute atomic E-state index is 2.73. The molecule has 0 amide bonds. The molecule has 1 aliphatic rings. The molecule has 0 N–H and O–H groups in total. The molecule has 0 aromatic heterocycles. The van der Waals surface area contributed by atoms with Crippen LogP contribution in [0.1, 0.15) is 55.3 Å². The van der Waals surface area contributed by atoms with E-state index < -0.39 is 0 Å². The highest BCUT2D eigenvalue weighted by molar-refractivity contribution is 5.34. The van der Waals surface area contributed by atoms with E-state index in [0.717, 1.165) is 5.92 Å². The van der Waals surface area contributed by atoms with Gasteiger partial charge < -0.3 is 0 Å². The highest BCUT2D eigenvalue weighted by Gasteiger charge is 2.29. The van der Waals surface area contributed by atoms with E-state index >= 15 is 0 Å². The molecule has 1 aliphatic carbocycles. The molecule has 0 heterocycles. The van der Waals surface area contributed by atoms with Crippen molar-refractivity contribution < 1.29 is 0 Å². The monoisotopic (exact) mass is 307 g/mol. The van der Waals surface area contributed by atoms with Gasteiger partial charge in [-0.3, -0.25) is 4.90 Å². The molecule has 0 aliphatic heterocycles. The third-order valence-electron chi connectivity index (χ3n) is 4.83. The van der Waals surface area contributed by atoms with Crippen LogP contribution in [0, 0.1) is 12.8 Å². The van der Waals surface area contributed by atoms with Crippen molar-refractivity contribution in [1.29, 1.82) is 0 Å². The van der Waals surface area contributed by atoms with Gasteiger partial charge >= 0.3 is 0 Å². The summed E-state index contributed by atoms with van der Waals surface area (Å²) in [5.41, 5.74) is 4.22. The molecule has 0 radical (unpaired) electrons. The standard InChI is InChI=1S/C22H29N/c1-3-4-15-23(17-19-13-14-19)22(20-10-6-5-7-11-20)21-12-8-9-18(2)16-21/h5-12,16,19,22H,3-4,13-15,17H2,1-2H3. The molecule has 1 unspecified atom stereocenters. The predicted molar refractivity (Wildman–Crippen MR) is 98.7 cm³/mol. The Kier molecular flexibility index (Phi) is 5.51. The van der Waals surface area contributed by atoms with Gasteiger partial charge in [0.05, 0.1) is 6.04 Å². The molecule has 122 valence electrons. The van der Waals surface area contributed by atoms with Gasteiger partial charge in [-0.15, -0.1) is 0 Å². The molecule has 3 rings (SSSR count). The molecule has 1 heteroatoms. The molecule has 1 fully saturated rings. The first-order valence-corrected chi connectivity index (χ1v) is 9.13. The van der Waals surface area contributed by atoms with Crippen molar-refractivity contribution >= 4 is 0 Å². The normalized spacial score (nSPS) is 15.8. The minimum Gasteiger partial charge on any atom is -0.292 e. The van der Waals surface area contributed by atoms with Gasteiger partial charge in [-0.1, -0.05) is 73.5 Å². The van der Waals surface area contributed by atoms with Gasteiger partial charge in [0, 0.05) is 6.54 Å². The first kappa shape index (κ1) is 16.3. The second-order valence-electron chi connectivity index (χ2n) is 7.02. The van der Waals surface area contributed by atoms with Gasteiger partial charge in [0.25, 0.3) is 0 Å². The number of hydrogen-bond acceptors (Lipinski definition) is 1. The summed E-state index contributed by atoms with van der Waals surface area (Å²) in [7, 11) is 0. The van der Waals surface area contributed by atoms with Crippen molar-refractivity contribution in [2.45, 2.75) is 45.6 Å². The first-order valence-electron chi connectivity index (χ1n) is 9.13. The summed E-state index contributed by atoms with van der Waals surface area (Å²) in [5, 5.41) is 0. The fourth-order valence-corrected chi connectivity index (χ4v) is 3.41. The average Bonchev–Trinajstić information content (AvgIpc) is 3.38. The molecule has 0 spiro atoms. The number of unbranched alkanes of at least 4 members (excludes halogenated alkanes) is 1. The Morgan fingerprint density at radius 3 is 2.39 bits per heavy atom. The zero-order valence-corrected chi connectivity index (χ0v) is 14.5. The molecule has 1 saturated carbocycles. The molecule has 1 nitrogen and oxygen atoms in total. The third-order valence-corrected chi connectivity index (χ3v) is 4.83. The van der Waals surface area contributed by atoms with Crippen molar-refractivity contribution in [1.82, 2.24) is 4.90 Å². The Hall–Kier alpha value is -1.60. The Morgan fingerprint density at radius 1 is 1.00 bits per heavy atom. The maximum Gasteiger partial charge on any atom is 0.0601 e. The van der Waals surface area contributed by atoms with Crippen molar-refractivity contribution in [3.05, 3.63) is 71.3 Å². The van der Waals surface area contributed by atoms with Crippen LogP contribution in [0.15, 0.2) is 54.6 Å². The minimum atomic E-state index is 0.392. The summed E-state index contributed by atoms with van der Waals surface area (Å²) in [6.45, 7) is 6.93. The van der Waals surface area contributed by atoms with Crippen LogP contribution < -0.4 is 0 Å². The van der Waals surface area contributed by atoms with E-state index in [1.807, 2.05) is 0 Å². The van der Waals surface area contributed by atoms with Crippen LogP contribution in [0.3, 0.4) is 0 Å². The number of benzene rings is 2. The van der Waals surface area contributed by atoms with Crippen molar-refractivity contribution in [3.63, 3.8) is 0 Å². The van der Waals surface area contributed by atoms with Gasteiger partial charge in [-0.25, -0.2) is 0 Å². The largest absolute Gasteiger partial charge is 0.292 e. The number of rotatable bonds is 8. The zero-order valence-electron chi connectivity index (χ0n) is 14.5. The van der Waals surface area contributed by atoms with Gasteiger partial charge in [0.1, 0.15) is 0 Å². The lowest BCUT2D eigenvalue weighted by Crippen LogP contribution is -2.32. The van der Waals surface area contributed by atoms with E-state index in [0.29, 0.717) is 6.04 Å². The lowest BCUT2D eigenvalue weighted by atomic mass is 9.95. The Balaban J connectivity index is 1.94. The van der Waals surface area contributed by atoms with Crippen LogP contribution in [0.2, 0.25) is 0 Å². The van der Waals surface area contributed by atoms with Crippen LogP contribution in [0.5, 0.6) is 0 Å². The number of nitrogens with zero attached hydrogens (tertiary/aromatic N) is 1. The van der Waals surface area contributed by atoms with E-state index in [2.05, 4.69) is 73.3 Å². The summed E-state index contributed by atoms with van der Waals surface area (Å²) in [4.78, 5) is 2.73. The van der Waals surface area contributed by atoms with Crippen molar-refractivity contribution in [2.75, 3.05) is 13.1 Å². The lowest BCUT2D eigenvalue weighted by Gasteiger charge is -2.33. The van der Waals surface area contributed by atoms with E-state index in [4.69, 9.17) is 0 Å². The second kappa shape index (κ2) is 7.79. The van der Waals surface area contributed by atoms with Crippen LogP contribution in [-0.4, -0.2) is 18.0 Å². The number of aryl methyl sites for hydroxylation is 1. The van der Waals surface area contributed by atoms with Crippen LogP contribution in [-0.2, 0) is 0 Å². The average molecular weight is 307 g/mol. The topological polar surface area (TPSA) is 3.24 Å². The van der Waals surface area contributed by atoms with Crippen molar-refractivity contribution in [3.8, 4) is 0 Å². The van der Waals surface area contributed by atoms with E-state index in [-0.39, 0.29) is 0 Å². The molecule has 1 atom stereocenters. The fourth-order valence-electron chi connectivity index (χ4n) is 3.41. The highest BCUT2D eigenvalue weighted by Crippen LogP contribution is 2.36. The molecule has 0 saturated heterocycles. The predicted octanol–water partition coefficient (Wildman–Crippen LogP) is 5.60. The molecular formula is C22H29N. The quantitative estimate of drug-likeness (QED) is 0.614. The molecule has 23 heavy (non-hydrogen) atoms. The van der Waals surface area contributed by atoms with Crippen molar-refractivity contribution in [2.24, 2.45) is 5.92 Å². The summed E-state index contributed by atoms with van der Waals surface area (Å²) in [6, 6.07) is 20.5. The summed E-state index contributed by atoms with van der Waals surface area (Å²) < 4.78 is 0. The Bertz CT molecular complexity index is 600. The first-order chi connectivity index (χ1) is 11.3. The summed E-state index contributed by atoms with van der Waals surface area (Å²) in [6.07, 6.45) is 5.37. The molecule has 2 aromatic rings. The molecular weight excluding hydrogens is 278 g/mol. The minimum absolute atomic E-state index is 0.392. The molecule has 0 bridgehead atoms. The van der Waals surface area contributed by atoms with Gasteiger partial charge in [0.15, 0.2) is 0 Å². The third kappa shape index (κ3) is 4.45. The van der Waals surface area contributed by atoms with Gasteiger partial charge in [-0.2, -0.15) is 0 Å². The Morgan fingerprint density at radius 2 is 1.74 bits per heavy atom. The van der Waals surface area contributed by atoms with E-state index in [9.17, 15) is 0 Å². The van der Waals surface area contributed by atoms with E-state index in [1.54, 1.807) is 0 Å². The lowest BCUT2D eigenvalue weighted by molar-refractivity contribution is 0.212. The fraction of sp³-hybridized carbons (Fsp3) is 0.455. The summed E-state index contributed by atoms with van der Waals surface area (Å²) in [5.74, 6) is 0.919. The zero-order chi connectivity index (χ0) is 16.1. The van der Waals surface area contributed by atoms with Crippen LogP contribution in [0.25, 0.3) is 0 Å². The Labute approximate surface area is 141 Å². The molecule has 2 aromatic carbocycles. The van der Waals surface area contributed by atoms with Gasteiger partial charge in [0.2, 0.25) is 0 Å². The maximum atomic E-state index is 2.73. The SMILES string of the molecule is CCCCN(CC1CC1)C(c1ccccc1)c1cccc(C)c1. The van der Waals surface area contributed by atoms with Crippen LogP contribution in [0.4, 0.5) is 0 Å². The van der Waals surface area contributed by atoms with Crippen LogP contribution >= 0.6 is 0 Å². The smallest absolute Gasteiger partial charge is 0.0601 e. The van der Waals surface area contributed by atoms with E-state index in [1.165, 1.54) is 55.5 Å².